The molecule has 0 aliphatic carbocycles. The number of hydrogen-bond donors (Lipinski definition) is 0. The van der Waals surface area contributed by atoms with E-state index in [1.165, 1.54) is 0 Å². The molecule has 1 amide bonds. The minimum atomic E-state index is 0.0401. The van der Waals surface area contributed by atoms with Crippen molar-refractivity contribution in [3.8, 4) is 28.3 Å². The average molecular weight is 453 g/mol. The Balaban J connectivity index is 1.36. The van der Waals surface area contributed by atoms with Crippen molar-refractivity contribution in [3.63, 3.8) is 0 Å². The number of benzene rings is 1. The summed E-state index contributed by atoms with van der Waals surface area (Å²) in [4.78, 5) is 35.4. The second-order valence-electron chi connectivity index (χ2n) is 8.95. The quantitative estimate of drug-likeness (QED) is 0.470. The standard InChI is InChI=1S/C26H24N6O2/c1-31-13-21-9-20(31)14-32(21)26(33)19-7-18(10-27-11-19)25-22-8-16(3-5-23(22)29-15-30-25)17-4-6-24(34-2)28-12-17/h3-8,10-12,15,20-21H,9,13-14H2,1-2H3. The molecule has 2 aliphatic heterocycles. The van der Waals surface area contributed by atoms with Crippen LogP contribution < -0.4 is 4.74 Å². The average Bonchev–Trinajstić information content (AvgIpc) is 3.47. The molecule has 0 spiro atoms. The van der Waals surface area contributed by atoms with Gasteiger partial charge in [0.1, 0.15) is 6.33 Å². The van der Waals surface area contributed by atoms with Crippen LogP contribution in [0.15, 0.2) is 61.3 Å². The Morgan fingerprint density at radius 1 is 0.941 bits per heavy atom. The summed E-state index contributed by atoms with van der Waals surface area (Å²) < 4.78 is 5.17. The summed E-state index contributed by atoms with van der Waals surface area (Å²) in [6.07, 6.45) is 7.79. The van der Waals surface area contributed by atoms with Gasteiger partial charge in [0.15, 0.2) is 0 Å². The number of nitrogens with zero attached hydrogens (tertiary/aromatic N) is 6. The van der Waals surface area contributed by atoms with E-state index in [1.54, 1.807) is 32.0 Å². The van der Waals surface area contributed by atoms with Crippen molar-refractivity contribution in [1.29, 1.82) is 0 Å². The van der Waals surface area contributed by atoms with E-state index < -0.39 is 0 Å². The van der Waals surface area contributed by atoms with Gasteiger partial charge >= 0.3 is 0 Å². The molecule has 2 fully saturated rings. The number of carbonyl (C=O) groups excluding carboxylic acids is 1. The second kappa shape index (κ2) is 8.14. The lowest BCUT2D eigenvalue weighted by Crippen LogP contribution is -2.47. The first-order valence-corrected chi connectivity index (χ1v) is 11.3. The maximum absolute atomic E-state index is 13.3. The third-order valence-electron chi connectivity index (χ3n) is 6.95. The van der Waals surface area contributed by atoms with Crippen molar-refractivity contribution in [1.82, 2.24) is 29.7 Å². The molecule has 2 bridgehead atoms. The molecule has 5 heterocycles. The summed E-state index contributed by atoms with van der Waals surface area (Å²) in [5.41, 5.74) is 4.93. The van der Waals surface area contributed by atoms with Crippen LogP contribution in [0.2, 0.25) is 0 Å². The summed E-state index contributed by atoms with van der Waals surface area (Å²) in [6, 6.07) is 12.5. The van der Waals surface area contributed by atoms with E-state index >= 15 is 0 Å². The van der Waals surface area contributed by atoms with Gasteiger partial charge in [-0.2, -0.15) is 0 Å². The molecule has 0 N–H and O–H groups in total. The minimum Gasteiger partial charge on any atom is -0.481 e. The Kier molecular flexibility index (Phi) is 4.95. The van der Waals surface area contributed by atoms with Gasteiger partial charge in [0.25, 0.3) is 5.91 Å². The Labute approximate surface area is 197 Å². The summed E-state index contributed by atoms with van der Waals surface area (Å²) in [6.45, 7) is 1.71. The van der Waals surface area contributed by atoms with Gasteiger partial charge in [0.05, 0.1) is 23.9 Å². The van der Waals surface area contributed by atoms with Gasteiger partial charge in [-0.3, -0.25) is 14.7 Å². The van der Waals surface area contributed by atoms with E-state index in [9.17, 15) is 4.79 Å². The number of hydrogen-bond acceptors (Lipinski definition) is 7. The molecule has 2 aliphatic rings. The Morgan fingerprint density at radius 3 is 2.56 bits per heavy atom. The lowest BCUT2D eigenvalue weighted by Gasteiger charge is -2.32. The lowest BCUT2D eigenvalue weighted by atomic mass is 10.0. The van der Waals surface area contributed by atoms with Crippen LogP contribution in [-0.4, -0.2) is 75.0 Å². The molecule has 170 valence electrons. The summed E-state index contributed by atoms with van der Waals surface area (Å²) in [5.74, 6) is 0.609. The number of ether oxygens (including phenoxy) is 1. The van der Waals surface area contributed by atoms with E-state index in [0.29, 0.717) is 17.5 Å². The number of likely N-dealkylation sites (tertiary alicyclic amines) is 2. The van der Waals surface area contributed by atoms with Crippen LogP contribution in [0.5, 0.6) is 5.88 Å². The largest absolute Gasteiger partial charge is 0.481 e. The molecule has 6 rings (SSSR count). The molecule has 8 heteroatoms. The van der Waals surface area contributed by atoms with Crippen LogP contribution in [0.4, 0.5) is 0 Å². The number of likely N-dealkylation sites (N-methyl/N-ethyl adjacent to an activating group) is 1. The van der Waals surface area contributed by atoms with E-state index in [0.717, 1.165) is 52.8 Å². The van der Waals surface area contributed by atoms with E-state index in [2.05, 4.69) is 37.9 Å². The van der Waals surface area contributed by atoms with Gasteiger partial charge in [-0.25, -0.2) is 15.0 Å². The van der Waals surface area contributed by atoms with Gasteiger partial charge in [0, 0.05) is 66.3 Å². The zero-order chi connectivity index (χ0) is 23.2. The fourth-order valence-electron chi connectivity index (χ4n) is 5.10. The second-order valence-corrected chi connectivity index (χ2v) is 8.95. The molecule has 3 aromatic heterocycles. The monoisotopic (exact) mass is 452 g/mol. The number of piperazine rings is 1. The first-order valence-electron chi connectivity index (χ1n) is 11.3. The van der Waals surface area contributed by atoms with Crippen LogP contribution in [0.3, 0.4) is 0 Å². The number of fused-ring (bicyclic) bond motifs is 3. The van der Waals surface area contributed by atoms with Crippen molar-refractivity contribution >= 4 is 16.8 Å². The molecular formula is C26H24N6O2. The third-order valence-corrected chi connectivity index (χ3v) is 6.95. The molecule has 0 saturated carbocycles. The lowest BCUT2D eigenvalue weighted by molar-refractivity contribution is 0.0650. The Bertz CT molecular complexity index is 1390. The summed E-state index contributed by atoms with van der Waals surface area (Å²) >= 11 is 0. The number of carbonyl (C=O) groups is 1. The Hall–Kier alpha value is -3.91. The number of pyridine rings is 2. The zero-order valence-corrected chi connectivity index (χ0v) is 19.0. The van der Waals surface area contributed by atoms with E-state index in [-0.39, 0.29) is 11.9 Å². The number of amides is 1. The number of rotatable bonds is 4. The molecular weight excluding hydrogens is 428 g/mol. The van der Waals surface area contributed by atoms with Gasteiger partial charge in [-0.1, -0.05) is 6.07 Å². The van der Waals surface area contributed by atoms with Crippen LogP contribution in [0, 0.1) is 0 Å². The number of methoxy groups -OCH3 is 1. The fraction of sp³-hybridized carbons (Fsp3) is 0.269. The van der Waals surface area contributed by atoms with Gasteiger partial charge in [-0.15, -0.1) is 0 Å². The van der Waals surface area contributed by atoms with Gasteiger partial charge in [-0.05, 0) is 43.3 Å². The molecule has 4 aromatic rings. The molecule has 2 saturated heterocycles. The molecule has 8 nitrogen and oxygen atoms in total. The highest BCUT2D eigenvalue weighted by Gasteiger charge is 2.43. The highest BCUT2D eigenvalue weighted by atomic mass is 16.5. The van der Waals surface area contributed by atoms with Gasteiger partial charge < -0.3 is 9.64 Å². The topological polar surface area (TPSA) is 84.3 Å². The van der Waals surface area contributed by atoms with Crippen LogP contribution in [-0.2, 0) is 0 Å². The Morgan fingerprint density at radius 2 is 1.82 bits per heavy atom. The van der Waals surface area contributed by atoms with Crippen molar-refractivity contribution in [2.24, 2.45) is 0 Å². The maximum atomic E-state index is 13.3. The first kappa shape index (κ1) is 20.7. The predicted octanol–water partition coefficient (Wildman–Crippen LogP) is 3.29. The molecule has 34 heavy (non-hydrogen) atoms. The van der Waals surface area contributed by atoms with Crippen LogP contribution in [0.1, 0.15) is 16.8 Å². The minimum absolute atomic E-state index is 0.0401. The zero-order valence-electron chi connectivity index (χ0n) is 19.0. The van der Waals surface area contributed by atoms with Crippen LogP contribution in [0.25, 0.3) is 33.3 Å². The van der Waals surface area contributed by atoms with Gasteiger partial charge in [0.2, 0.25) is 5.88 Å². The normalized spacial score (nSPS) is 19.6. The molecule has 2 atom stereocenters. The predicted molar refractivity (Wildman–Crippen MR) is 128 cm³/mol. The van der Waals surface area contributed by atoms with E-state index in [1.807, 2.05) is 35.2 Å². The molecule has 0 radical (unpaired) electrons. The van der Waals surface area contributed by atoms with Crippen molar-refractivity contribution < 1.29 is 9.53 Å². The highest BCUT2D eigenvalue weighted by molar-refractivity contribution is 5.98. The van der Waals surface area contributed by atoms with Crippen molar-refractivity contribution in [2.75, 3.05) is 27.2 Å². The number of aromatic nitrogens is 4. The first-order chi connectivity index (χ1) is 16.6. The SMILES string of the molecule is COc1ccc(-c2ccc3ncnc(-c4cncc(C(=O)N5CC6CC5CN6C)c4)c3c2)cn1. The fourth-order valence-corrected chi connectivity index (χ4v) is 5.10. The molecule has 2 unspecified atom stereocenters. The maximum Gasteiger partial charge on any atom is 0.255 e. The smallest absolute Gasteiger partial charge is 0.255 e. The van der Waals surface area contributed by atoms with Crippen molar-refractivity contribution in [3.05, 3.63) is 66.9 Å². The summed E-state index contributed by atoms with van der Waals surface area (Å²) in [7, 11) is 3.73. The van der Waals surface area contributed by atoms with Crippen molar-refractivity contribution in [2.45, 2.75) is 18.5 Å². The van der Waals surface area contributed by atoms with Crippen LogP contribution >= 0.6 is 0 Å². The highest BCUT2D eigenvalue weighted by Crippen LogP contribution is 2.32. The third kappa shape index (κ3) is 3.47. The van der Waals surface area contributed by atoms with E-state index in [4.69, 9.17) is 4.74 Å². The molecule has 1 aromatic carbocycles. The summed E-state index contributed by atoms with van der Waals surface area (Å²) in [5, 5.41) is 0.893.